The maximum atomic E-state index is 11.0. The third kappa shape index (κ3) is 2.41. The van der Waals surface area contributed by atoms with Crippen molar-refractivity contribution >= 4 is 5.97 Å². The van der Waals surface area contributed by atoms with Gasteiger partial charge in [0, 0.05) is 0 Å². The van der Waals surface area contributed by atoms with Crippen LogP contribution in [-0.4, -0.2) is 92.9 Å². The van der Waals surface area contributed by atoms with E-state index in [1.54, 1.807) is 0 Å². The van der Waals surface area contributed by atoms with Crippen LogP contribution in [0.1, 0.15) is 6.92 Å². The van der Waals surface area contributed by atoms with Crippen LogP contribution in [0.4, 0.5) is 0 Å². The smallest absolute Gasteiger partial charge is 0.335 e. The van der Waals surface area contributed by atoms with E-state index in [-0.39, 0.29) is 0 Å². The Morgan fingerprint density at radius 1 is 0.773 bits per heavy atom. The Bertz CT molecular complexity index is 444. The molecule has 10 atom stereocenters. The van der Waals surface area contributed by atoms with E-state index in [2.05, 4.69) is 0 Å². The molecule has 0 aromatic carbocycles. The van der Waals surface area contributed by atoms with Gasteiger partial charge in [-0.1, -0.05) is 0 Å². The highest BCUT2D eigenvalue weighted by Gasteiger charge is 2.57. The van der Waals surface area contributed by atoms with Gasteiger partial charge in [-0.05, 0) is 6.92 Å². The molecule has 0 saturated carbocycles. The number of fused-ring (bicyclic) bond motifs is 2. The summed E-state index contributed by atoms with van der Waals surface area (Å²) in [5.41, 5.74) is 0. The second-order valence-electron chi connectivity index (χ2n) is 5.64. The number of carboxylic acids is 1. The van der Waals surface area contributed by atoms with E-state index < -0.39 is 67.4 Å². The summed E-state index contributed by atoms with van der Waals surface area (Å²) in [6.45, 7) is 1.53. The molecule has 3 saturated heterocycles. The number of aliphatic carboxylic acids is 1. The second kappa shape index (κ2) is 5.65. The van der Waals surface area contributed by atoms with E-state index >= 15 is 0 Å². The van der Waals surface area contributed by atoms with Crippen molar-refractivity contribution in [2.45, 2.75) is 68.3 Å². The summed E-state index contributed by atoms with van der Waals surface area (Å²) in [7, 11) is 0. The van der Waals surface area contributed by atoms with Crippen molar-refractivity contribution in [1.82, 2.24) is 0 Å². The first-order valence-corrected chi connectivity index (χ1v) is 6.88. The van der Waals surface area contributed by atoms with E-state index in [0.29, 0.717) is 0 Å². The molecule has 0 aromatic rings. The Morgan fingerprint density at radius 3 is 1.82 bits per heavy atom. The molecule has 3 heterocycles. The van der Waals surface area contributed by atoms with Crippen LogP contribution >= 0.6 is 0 Å². The van der Waals surface area contributed by atoms with E-state index in [9.17, 15) is 25.2 Å². The predicted octanol–water partition coefficient (Wildman–Crippen LogP) is -3.23. The zero-order valence-corrected chi connectivity index (χ0v) is 11.6. The number of ether oxygens (including phenoxy) is 4. The Kier molecular flexibility index (Phi) is 4.12. The average Bonchev–Trinajstić information content (AvgIpc) is 2.47. The van der Waals surface area contributed by atoms with Crippen LogP contribution in [0.3, 0.4) is 0 Å². The van der Waals surface area contributed by atoms with E-state index in [0.717, 1.165) is 0 Å². The fourth-order valence-corrected chi connectivity index (χ4v) is 2.86. The van der Waals surface area contributed by atoms with Crippen LogP contribution < -0.4 is 0 Å². The quantitative estimate of drug-likeness (QED) is 0.333. The molecule has 10 nitrogen and oxygen atoms in total. The zero-order valence-electron chi connectivity index (χ0n) is 11.6. The monoisotopic (exact) mass is 322 g/mol. The summed E-state index contributed by atoms with van der Waals surface area (Å²) in [5.74, 6) is -1.47. The third-order valence-electron chi connectivity index (χ3n) is 4.16. The highest BCUT2D eigenvalue weighted by Crippen LogP contribution is 2.36. The molecule has 0 bridgehead atoms. The van der Waals surface area contributed by atoms with Gasteiger partial charge in [-0.2, -0.15) is 0 Å². The van der Waals surface area contributed by atoms with Gasteiger partial charge < -0.3 is 44.5 Å². The zero-order chi connectivity index (χ0) is 16.2. The fraction of sp³-hybridized carbons (Fsp3) is 0.917. The summed E-state index contributed by atoms with van der Waals surface area (Å²) in [6, 6.07) is 0. The number of carbonyl (C=O) groups is 1. The minimum atomic E-state index is -1.70. The number of aliphatic hydroxyl groups excluding tert-OH is 4. The van der Waals surface area contributed by atoms with Gasteiger partial charge in [-0.15, -0.1) is 0 Å². The van der Waals surface area contributed by atoms with Gasteiger partial charge in [0.05, 0.1) is 6.10 Å². The molecular formula is C12H18O10. The average molecular weight is 322 g/mol. The van der Waals surface area contributed by atoms with Crippen molar-refractivity contribution in [3.05, 3.63) is 0 Å². The molecule has 0 radical (unpaired) electrons. The maximum absolute atomic E-state index is 11.0. The molecule has 0 spiro atoms. The fourth-order valence-electron chi connectivity index (χ4n) is 2.86. The van der Waals surface area contributed by atoms with Gasteiger partial charge in [0.2, 0.25) is 0 Å². The summed E-state index contributed by atoms with van der Waals surface area (Å²) in [6.07, 6.45) is -12.9. The largest absolute Gasteiger partial charge is 0.479 e. The molecule has 0 aliphatic carbocycles. The molecule has 3 aliphatic rings. The Balaban J connectivity index is 1.80. The number of hydrogen-bond acceptors (Lipinski definition) is 9. The number of carboxylic acid groups (broad SMARTS) is 1. The number of hydrogen-bond donors (Lipinski definition) is 5. The van der Waals surface area contributed by atoms with Gasteiger partial charge in [0.25, 0.3) is 0 Å². The molecule has 5 N–H and O–H groups in total. The van der Waals surface area contributed by atoms with Gasteiger partial charge in [-0.3, -0.25) is 0 Å². The predicted molar refractivity (Wildman–Crippen MR) is 64.4 cm³/mol. The SMILES string of the molecule is C[C@@H]1O[C@@H]2O[C@H]3[C@@H](O[C@@H]2[C@H](O)[C@H]1O)O[C@H](C(=O)O)[C@H](O)[C@@H]3O. The van der Waals surface area contributed by atoms with E-state index in [1.807, 2.05) is 0 Å². The second-order valence-corrected chi connectivity index (χ2v) is 5.64. The number of aliphatic hydroxyl groups is 4. The summed E-state index contributed by atoms with van der Waals surface area (Å²) < 4.78 is 21.3. The normalized spacial score (nSPS) is 55.1. The lowest BCUT2D eigenvalue weighted by molar-refractivity contribution is -0.425. The molecule has 0 aromatic heterocycles. The van der Waals surface area contributed by atoms with Crippen LogP contribution in [0.15, 0.2) is 0 Å². The van der Waals surface area contributed by atoms with Crippen LogP contribution in [-0.2, 0) is 23.7 Å². The number of rotatable bonds is 1. The van der Waals surface area contributed by atoms with Gasteiger partial charge >= 0.3 is 5.97 Å². The topological polar surface area (TPSA) is 155 Å². The van der Waals surface area contributed by atoms with E-state index in [1.165, 1.54) is 6.92 Å². The molecule has 0 unspecified atom stereocenters. The molecule has 10 heteroatoms. The first-order valence-electron chi connectivity index (χ1n) is 6.88. The van der Waals surface area contributed by atoms with Crippen molar-refractivity contribution in [2.75, 3.05) is 0 Å². The molecule has 22 heavy (non-hydrogen) atoms. The maximum Gasteiger partial charge on any atom is 0.335 e. The van der Waals surface area contributed by atoms with Crippen molar-refractivity contribution in [3.63, 3.8) is 0 Å². The van der Waals surface area contributed by atoms with Gasteiger partial charge in [0.1, 0.15) is 36.6 Å². The summed E-state index contributed by atoms with van der Waals surface area (Å²) in [5, 5.41) is 48.5. The Morgan fingerprint density at radius 2 is 1.27 bits per heavy atom. The Labute approximate surface area is 124 Å². The molecular weight excluding hydrogens is 304 g/mol. The third-order valence-corrected chi connectivity index (χ3v) is 4.16. The molecule has 0 amide bonds. The van der Waals surface area contributed by atoms with Crippen LogP contribution in [0.2, 0.25) is 0 Å². The highest BCUT2D eigenvalue weighted by molar-refractivity contribution is 5.73. The molecule has 126 valence electrons. The molecule has 3 aliphatic heterocycles. The minimum Gasteiger partial charge on any atom is -0.479 e. The van der Waals surface area contributed by atoms with E-state index in [4.69, 9.17) is 24.1 Å². The molecule has 3 rings (SSSR count). The van der Waals surface area contributed by atoms with Gasteiger partial charge in [0.15, 0.2) is 18.7 Å². The van der Waals surface area contributed by atoms with Crippen LogP contribution in [0, 0.1) is 0 Å². The highest BCUT2D eigenvalue weighted by atomic mass is 16.8. The van der Waals surface area contributed by atoms with Crippen molar-refractivity contribution in [1.29, 1.82) is 0 Å². The first-order chi connectivity index (χ1) is 10.3. The Hall–Kier alpha value is -0.850. The summed E-state index contributed by atoms with van der Waals surface area (Å²) >= 11 is 0. The summed E-state index contributed by atoms with van der Waals surface area (Å²) in [4.78, 5) is 11.0. The lowest BCUT2D eigenvalue weighted by Crippen LogP contribution is -2.70. The minimum absolute atomic E-state index is 0.727. The lowest BCUT2D eigenvalue weighted by atomic mass is 9.95. The van der Waals surface area contributed by atoms with Crippen molar-refractivity contribution < 1.29 is 49.3 Å². The molecule has 3 fully saturated rings. The van der Waals surface area contributed by atoms with Crippen molar-refractivity contribution in [3.8, 4) is 0 Å². The van der Waals surface area contributed by atoms with Crippen LogP contribution in [0.5, 0.6) is 0 Å². The van der Waals surface area contributed by atoms with Crippen LogP contribution in [0.25, 0.3) is 0 Å². The standard InChI is InChI=1S/C12H18O10/c1-2-3(13)4(14)8-11(19-2)21-9-6(16)5(15)7(10(17)18)20-12(9)22-8/h2-9,11-16H,1H3,(H,17,18)/t2-,3-,4+,5+,6-,7-,8+,9+,11+,12+/m0/s1. The first kappa shape index (κ1) is 16.0. The lowest BCUT2D eigenvalue weighted by Gasteiger charge is -2.51. The van der Waals surface area contributed by atoms with Crippen molar-refractivity contribution in [2.24, 2.45) is 0 Å². The van der Waals surface area contributed by atoms with Gasteiger partial charge in [-0.25, -0.2) is 4.79 Å².